The van der Waals surface area contributed by atoms with E-state index in [9.17, 15) is 5.26 Å². The van der Waals surface area contributed by atoms with Gasteiger partial charge in [-0.1, -0.05) is 146 Å². The predicted molar refractivity (Wildman–Crippen MR) is 253 cm³/mol. The fourth-order valence-corrected chi connectivity index (χ4v) is 8.15. The van der Waals surface area contributed by atoms with Gasteiger partial charge in [-0.25, -0.2) is 44.9 Å². The number of fused-ring (bicyclic) bond motifs is 3. The lowest BCUT2D eigenvalue weighted by Crippen LogP contribution is -2.02. The van der Waals surface area contributed by atoms with Crippen LogP contribution in [0.1, 0.15) is 17.2 Å². The van der Waals surface area contributed by atoms with Crippen LogP contribution in [-0.2, 0) is 0 Å². The smallest absolute Gasteiger partial charge is 0.164 e. The first-order valence-electron chi connectivity index (χ1n) is 21.0. The van der Waals surface area contributed by atoms with Crippen LogP contribution in [0.2, 0.25) is 0 Å². The van der Waals surface area contributed by atoms with E-state index in [1.807, 2.05) is 153 Å². The van der Waals surface area contributed by atoms with Gasteiger partial charge in [0.15, 0.2) is 40.8 Å². The Bertz CT molecular complexity index is 3310. The largest absolute Gasteiger partial charge is 0.309 e. The van der Waals surface area contributed by atoms with Crippen molar-refractivity contribution in [2.24, 2.45) is 0 Å². The van der Waals surface area contributed by atoms with E-state index in [-0.39, 0.29) is 0 Å². The summed E-state index contributed by atoms with van der Waals surface area (Å²) in [7, 11) is 0. The molecule has 0 aliphatic carbocycles. The van der Waals surface area contributed by atoms with Gasteiger partial charge in [0.05, 0.1) is 22.7 Å². The predicted octanol–water partition coefficient (Wildman–Crippen LogP) is 11.5. The molecular formula is C54H35N11. The minimum atomic E-state index is 0.421. The van der Waals surface area contributed by atoms with Crippen LogP contribution in [0.25, 0.3) is 107 Å². The fraction of sp³-hybridized carbons (Fsp3) is 0.0370. The highest BCUT2D eigenvalue weighted by molar-refractivity contribution is 6.11. The monoisotopic (exact) mass is 837 g/mol. The summed E-state index contributed by atoms with van der Waals surface area (Å²) >= 11 is 0. The van der Waals surface area contributed by atoms with Crippen LogP contribution >= 0.6 is 0 Å². The van der Waals surface area contributed by atoms with E-state index in [2.05, 4.69) is 62.0 Å². The van der Waals surface area contributed by atoms with Gasteiger partial charge in [-0.15, -0.1) is 0 Å². The third-order valence-corrected chi connectivity index (χ3v) is 11.2. The maximum Gasteiger partial charge on any atom is 0.164 e. The molecule has 0 radical (unpaired) electrons. The molecule has 306 valence electrons. The number of nitriles is 1. The SMILES string of the molecule is Cc1nc(C)nc(-c2ccc(-n3c4cc(-c5nc(-c6ccccc6)nc(-c6ccccc6)n5)ccc4c4ccc(-c5nc(-c6ccccc6)nc(-c6ccccc6)n5)cc43)cc2C#N)n1. The number of hydrogen-bond acceptors (Lipinski definition) is 10. The Balaban J connectivity index is 1.15. The molecule has 11 nitrogen and oxygen atoms in total. The van der Waals surface area contributed by atoms with Gasteiger partial charge in [0.1, 0.15) is 11.6 Å². The lowest BCUT2D eigenvalue weighted by atomic mass is 10.1. The molecule has 0 aliphatic rings. The van der Waals surface area contributed by atoms with E-state index in [4.69, 9.17) is 29.9 Å². The maximum absolute atomic E-state index is 10.7. The topological polar surface area (TPSA) is 145 Å². The van der Waals surface area contributed by atoms with E-state index in [0.717, 1.165) is 60.9 Å². The van der Waals surface area contributed by atoms with Crippen molar-refractivity contribution in [2.75, 3.05) is 0 Å². The minimum Gasteiger partial charge on any atom is -0.309 e. The summed E-state index contributed by atoms with van der Waals surface area (Å²) in [5.41, 5.74) is 8.68. The molecule has 0 N–H and O–H groups in total. The summed E-state index contributed by atoms with van der Waals surface area (Å²) in [4.78, 5) is 43.6. The average Bonchev–Trinajstić information content (AvgIpc) is 3.69. The van der Waals surface area contributed by atoms with Crippen LogP contribution in [0.3, 0.4) is 0 Å². The van der Waals surface area contributed by atoms with Crippen molar-refractivity contribution < 1.29 is 0 Å². The van der Waals surface area contributed by atoms with Crippen molar-refractivity contribution in [3.8, 4) is 91.5 Å². The number of benzene rings is 7. The highest BCUT2D eigenvalue weighted by Crippen LogP contribution is 2.38. The highest BCUT2D eigenvalue weighted by atomic mass is 15.1. The third kappa shape index (κ3) is 7.41. The maximum atomic E-state index is 10.7. The first-order chi connectivity index (χ1) is 32.0. The van der Waals surface area contributed by atoms with E-state index in [0.29, 0.717) is 63.5 Å². The number of nitrogens with zero attached hydrogens (tertiary/aromatic N) is 11. The molecule has 0 saturated heterocycles. The molecule has 0 unspecified atom stereocenters. The molecule has 4 aromatic heterocycles. The number of aryl methyl sites for hydroxylation is 2. The lowest BCUT2D eigenvalue weighted by Gasteiger charge is -2.13. The quantitative estimate of drug-likeness (QED) is 0.145. The average molecular weight is 838 g/mol. The minimum absolute atomic E-state index is 0.421. The highest BCUT2D eigenvalue weighted by Gasteiger charge is 2.21. The zero-order chi connectivity index (χ0) is 43.9. The van der Waals surface area contributed by atoms with Crippen LogP contribution in [-0.4, -0.2) is 49.4 Å². The van der Waals surface area contributed by atoms with Gasteiger partial charge >= 0.3 is 0 Å². The molecular weight excluding hydrogens is 803 g/mol. The van der Waals surface area contributed by atoms with Gasteiger partial charge in [0.25, 0.3) is 0 Å². The van der Waals surface area contributed by atoms with Crippen molar-refractivity contribution in [3.05, 3.63) is 193 Å². The van der Waals surface area contributed by atoms with Crippen molar-refractivity contribution in [2.45, 2.75) is 13.8 Å². The van der Waals surface area contributed by atoms with Gasteiger partial charge in [-0.05, 0) is 44.2 Å². The van der Waals surface area contributed by atoms with Crippen molar-refractivity contribution >= 4 is 21.8 Å². The molecule has 7 aromatic carbocycles. The Labute approximate surface area is 373 Å². The second-order valence-electron chi connectivity index (χ2n) is 15.5. The first-order valence-corrected chi connectivity index (χ1v) is 21.0. The molecule has 11 heteroatoms. The third-order valence-electron chi connectivity index (χ3n) is 11.2. The van der Waals surface area contributed by atoms with E-state index < -0.39 is 0 Å². The first kappa shape index (κ1) is 38.8. The zero-order valence-electron chi connectivity index (χ0n) is 35.2. The Kier molecular flexibility index (Phi) is 9.71. The second kappa shape index (κ2) is 16.3. The molecule has 0 amide bonds. The molecule has 65 heavy (non-hydrogen) atoms. The van der Waals surface area contributed by atoms with Crippen LogP contribution in [0.4, 0.5) is 0 Å². The van der Waals surface area contributed by atoms with Crippen molar-refractivity contribution in [1.82, 2.24) is 49.4 Å². The summed E-state index contributed by atoms with van der Waals surface area (Å²) in [5, 5.41) is 12.6. The molecule has 11 rings (SSSR count). The number of aromatic nitrogens is 10. The Morgan fingerprint density at radius 1 is 0.354 bits per heavy atom. The van der Waals surface area contributed by atoms with Crippen LogP contribution in [0.5, 0.6) is 0 Å². The summed E-state index contributed by atoms with van der Waals surface area (Å²) < 4.78 is 2.17. The normalized spacial score (nSPS) is 11.2. The molecule has 0 spiro atoms. The van der Waals surface area contributed by atoms with Gasteiger partial charge in [-0.2, -0.15) is 5.26 Å². The van der Waals surface area contributed by atoms with Crippen LogP contribution in [0.15, 0.2) is 176 Å². The van der Waals surface area contributed by atoms with Crippen LogP contribution < -0.4 is 0 Å². The molecule has 11 aromatic rings. The Hall–Kier alpha value is -9.14. The summed E-state index contributed by atoms with van der Waals surface area (Å²) in [6, 6.07) is 60.5. The number of hydrogen-bond donors (Lipinski definition) is 0. The zero-order valence-corrected chi connectivity index (χ0v) is 35.2. The molecule has 0 fully saturated rings. The standard InChI is InChI=1S/C54H35N11/c1-33-56-34(2)58-54(57-33)43-28-25-42(29-41(43)32-55)65-46-30-39(52-61-48(35-15-7-3-8-16-35)59-49(62-52)36-17-9-4-10-18-36)23-26-44(46)45-27-24-40(31-47(45)65)53-63-50(37-19-11-5-12-20-37)60-51(64-53)38-21-13-6-14-22-38/h3-31H,1-2H3. The lowest BCUT2D eigenvalue weighted by molar-refractivity contribution is 0.928. The molecule has 0 bridgehead atoms. The van der Waals surface area contributed by atoms with Gasteiger partial charge in [-0.3, -0.25) is 0 Å². The van der Waals surface area contributed by atoms with Gasteiger partial charge < -0.3 is 4.57 Å². The summed E-state index contributed by atoms with van der Waals surface area (Å²) in [6.07, 6.45) is 0. The molecule has 4 heterocycles. The fourth-order valence-electron chi connectivity index (χ4n) is 8.15. The second-order valence-corrected chi connectivity index (χ2v) is 15.5. The summed E-state index contributed by atoms with van der Waals surface area (Å²) in [6.45, 7) is 3.64. The summed E-state index contributed by atoms with van der Waals surface area (Å²) in [5.74, 6) is 4.93. The molecule has 0 atom stereocenters. The van der Waals surface area contributed by atoms with E-state index >= 15 is 0 Å². The van der Waals surface area contributed by atoms with Crippen molar-refractivity contribution in [3.63, 3.8) is 0 Å². The van der Waals surface area contributed by atoms with Crippen molar-refractivity contribution in [1.29, 1.82) is 5.26 Å². The number of rotatable bonds is 8. The Morgan fingerprint density at radius 2 is 0.723 bits per heavy atom. The molecule has 0 saturated carbocycles. The van der Waals surface area contributed by atoms with Gasteiger partial charge in [0.2, 0.25) is 0 Å². The Morgan fingerprint density at radius 3 is 1.09 bits per heavy atom. The van der Waals surface area contributed by atoms with E-state index in [1.165, 1.54) is 0 Å². The van der Waals surface area contributed by atoms with Crippen LogP contribution in [0, 0.1) is 25.2 Å². The van der Waals surface area contributed by atoms with Gasteiger partial charge in [0, 0.05) is 55.4 Å². The van der Waals surface area contributed by atoms with E-state index in [1.54, 1.807) is 0 Å². The molecule has 0 aliphatic heterocycles.